The van der Waals surface area contributed by atoms with Crippen molar-refractivity contribution in [2.45, 2.75) is 52.6 Å². The minimum atomic E-state index is -0.00931. The van der Waals surface area contributed by atoms with Crippen LogP contribution in [0.2, 0.25) is 0 Å². The first-order valence-corrected chi connectivity index (χ1v) is 5.27. The van der Waals surface area contributed by atoms with Crippen molar-refractivity contribution in [1.29, 1.82) is 0 Å². The first-order chi connectivity index (χ1) is 5.59. The molecule has 1 rings (SSSR count). The van der Waals surface area contributed by atoms with Gasteiger partial charge in [0.15, 0.2) is 0 Å². The molecular formula is C11H22O. The van der Waals surface area contributed by atoms with Crippen molar-refractivity contribution in [2.75, 3.05) is 0 Å². The number of hydrogen-bond donors (Lipinski definition) is 1. The van der Waals surface area contributed by atoms with Gasteiger partial charge in [0.05, 0.1) is 6.10 Å². The SMILES string of the molecule is CC(C)C[C@H]1C[C@@H](O)CCC1C. The van der Waals surface area contributed by atoms with E-state index in [0.29, 0.717) is 0 Å². The van der Waals surface area contributed by atoms with Gasteiger partial charge in [-0.2, -0.15) is 0 Å². The Morgan fingerprint density at radius 3 is 2.58 bits per heavy atom. The second-order valence-electron chi connectivity index (χ2n) is 4.83. The van der Waals surface area contributed by atoms with Gasteiger partial charge in [0.2, 0.25) is 0 Å². The highest BCUT2D eigenvalue weighted by Crippen LogP contribution is 2.33. The Morgan fingerprint density at radius 2 is 2.00 bits per heavy atom. The highest BCUT2D eigenvalue weighted by molar-refractivity contribution is 4.77. The summed E-state index contributed by atoms with van der Waals surface area (Å²) in [4.78, 5) is 0. The number of aliphatic hydroxyl groups excluding tert-OH is 1. The van der Waals surface area contributed by atoms with Gasteiger partial charge in [0, 0.05) is 0 Å². The first-order valence-electron chi connectivity index (χ1n) is 5.27. The summed E-state index contributed by atoms with van der Waals surface area (Å²) in [5.41, 5.74) is 0. The van der Waals surface area contributed by atoms with E-state index in [-0.39, 0.29) is 6.10 Å². The minimum absolute atomic E-state index is 0.00931. The van der Waals surface area contributed by atoms with Crippen LogP contribution in [0.4, 0.5) is 0 Å². The van der Waals surface area contributed by atoms with Crippen molar-refractivity contribution < 1.29 is 5.11 Å². The lowest BCUT2D eigenvalue weighted by atomic mass is 9.75. The molecule has 0 saturated heterocycles. The third-order valence-electron chi connectivity index (χ3n) is 3.11. The van der Waals surface area contributed by atoms with E-state index in [9.17, 15) is 5.11 Å². The predicted molar refractivity (Wildman–Crippen MR) is 52.0 cm³/mol. The van der Waals surface area contributed by atoms with Gasteiger partial charge in [-0.25, -0.2) is 0 Å². The second kappa shape index (κ2) is 4.27. The molecule has 1 aliphatic carbocycles. The van der Waals surface area contributed by atoms with Gasteiger partial charge in [0.25, 0.3) is 0 Å². The topological polar surface area (TPSA) is 20.2 Å². The smallest absolute Gasteiger partial charge is 0.0543 e. The fourth-order valence-electron chi connectivity index (χ4n) is 2.32. The minimum Gasteiger partial charge on any atom is -0.393 e. The molecule has 1 N–H and O–H groups in total. The van der Waals surface area contributed by atoms with E-state index >= 15 is 0 Å². The van der Waals surface area contributed by atoms with Crippen LogP contribution in [0.3, 0.4) is 0 Å². The Bertz CT molecular complexity index is 129. The van der Waals surface area contributed by atoms with Crippen molar-refractivity contribution >= 4 is 0 Å². The second-order valence-corrected chi connectivity index (χ2v) is 4.83. The maximum Gasteiger partial charge on any atom is 0.0543 e. The summed E-state index contributed by atoms with van der Waals surface area (Å²) in [5, 5.41) is 9.51. The van der Waals surface area contributed by atoms with E-state index in [1.807, 2.05) is 0 Å². The third-order valence-corrected chi connectivity index (χ3v) is 3.11. The maximum absolute atomic E-state index is 9.51. The van der Waals surface area contributed by atoms with Crippen LogP contribution in [-0.2, 0) is 0 Å². The van der Waals surface area contributed by atoms with E-state index in [4.69, 9.17) is 0 Å². The molecule has 0 aliphatic heterocycles. The van der Waals surface area contributed by atoms with Crippen LogP contribution in [0.1, 0.15) is 46.5 Å². The van der Waals surface area contributed by atoms with E-state index in [2.05, 4.69) is 20.8 Å². The standard InChI is InChI=1S/C11H22O/c1-8(2)6-10-7-11(12)5-4-9(10)3/h8-12H,4-7H2,1-3H3/t9?,10-,11-/m0/s1. The molecule has 0 spiro atoms. The summed E-state index contributed by atoms with van der Waals surface area (Å²) in [7, 11) is 0. The average molecular weight is 170 g/mol. The molecule has 0 amide bonds. The molecule has 0 aromatic heterocycles. The Kier molecular flexibility index (Phi) is 3.57. The summed E-state index contributed by atoms with van der Waals surface area (Å²) in [6.07, 6.45) is 4.57. The molecular weight excluding hydrogens is 148 g/mol. The van der Waals surface area contributed by atoms with Crippen LogP contribution >= 0.6 is 0 Å². The van der Waals surface area contributed by atoms with Gasteiger partial charge in [0.1, 0.15) is 0 Å². The van der Waals surface area contributed by atoms with Crippen LogP contribution in [0.5, 0.6) is 0 Å². The van der Waals surface area contributed by atoms with Crippen molar-refractivity contribution in [3.63, 3.8) is 0 Å². The summed E-state index contributed by atoms with van der Waals surface area (Å²) < 4.78 is 0. The summed E-state index contributed by atoms with van der Waals surface area (Å²) in [6, 6.07) is 0. The molecule has 0 aromatic rings. The van der Waals surface area contributed by atoms with Crippen LogP contribution in [0.25, 0.3) is 0 Å². The van der Waals surface area contributed by atoms with E-state index in [1.54, 1.807) is 0 Å². The number of hydrogen-bond acceptors (Lipinski definition) is 1. The lowest BCUT2D eigenvalue weighted by Gasteiger charge is -2.32. The van der Waals surface area contributed by atoms with Gasteiger partial charge in [-0.1, -0.05) is 20.8 Å². The van der Waals surface area contributed by atoms with Crippen LogP contribution < -0.4 is 0 Å². The average Bonchev–Trinajstić information content (AvgIpc) is 1.96. The van der Waals surface area contributed by atoms with Crippen LogP contribution in [0.15, 0.2) is 0 Å². The zero-order valence-electron chi connectivity index (χ0n) is 8.59. The van der Waals surface area contributed by atoms with Gasteiger partial charge in [-0.3, -0.25) is 0 Å². The maximum atomic E-state index is 9.51. The Balaban J connectivity index is 2.38. The molecule has 1 nitrogen and oxygen atoms in total. The summed E-state index contributed by atoms with van der Waals surface area (Å²) >= 11 is 0. The van der Waals surface area contributed by atoms with Crippen molar-refractivity contribution in [3.05, 3.63) is 0 Å². The van der Waals surface area contributed by atoms with Crippen molar-refractivity contribution in [2.24, 2.45) is 17.8 Å². The molecule has 1 saturated carbocycles. The third kappa shape index (κ3) is 2.78. The molecule has 72 valence electrons. The van der Waals surface area contributed by atoms with Gasteiger partial charge in [-0.05, 0) is 43.4 Å². The highest BCUT2D eigenvalue weighted by atomic mass is 16.3. The van der Waals surface area contributed by atoms with Gasteiger partial charge >= 0.3 is 0 Å². The molecule has 1 fully saturated rings. The highest BCUT2D eigenvalue weighted by Gasteiger charge is 2.26. The molecule has 3 atom stereocenters. The predicted octanol–water partition coefficient (Wildman–Crippen LogP) is 2.83. The largest absolute Gasteiger partial charge is 0.393 e. The van der Waals surface area contributed by atoms with E-state index < -0.39 is 0 Å². The molecule has 0 heterocycles. The molecule has 1 heteroatoms. The zero-order valence-corrected chi connectivity index (χ0v) is 8.59. The van der Waals surface area contributed by atoms with Gasteiger partial charge < -0.3 is 5.11 Å². The Morgan fingerprint density at radius 1 is 1.33 bits per heavy atom. The lowest BCUT2D eigenvalue weighted by molar-refractivity contribution is 0.0657. The first kappa shape index (κ1) is 10.0. The quantitative estimate of drug-likeness (QED) is 0.675. The number of rotatable bonds is 2. The number of aliphatic hydroxyl groups is 1. The molecule has 12 heavy (non-hydrogen) atoms. The van der Waals surface area contributed by atoms with E-state index in [0.717, 1.165) is 30.6 Å². The summed E-state index contributed by atoms with van der Waals surface area (Å²) in [6.45, 7) is 6.88. The lowest BCUT2D eigenvalue weighted by Crippen LogP contribution is -2.27. The normalized spacial score (nSPS) is 37.2. The van der Waals surface area contributed by atoms with Crippen LogP contribution in [-0.4, -0.2) is 11.2 Å². The van der Waals surface area contributed by atoms with Gasteiger partial charge in [-0.15, -0.1) is 0 Å². The fourth-order valence-corrected chi connectivity index (χ4v) is 2.32. The summed E-state index contributed by atoms with van der Waals surface area (Å²) in [5.74, 6) is 2.38. The molecule has 0 aromatic carbocycles. The van der Waals surface area contributed by atoms with Crippen molar-refractivity contribution in [1.82, 2.24) is 0 Å². The Labute approximate surface area is 76.2 Å². The fraction of sp³-hybridized carbons (Fsp3) is 1.00. The molecule has 1 unspecified atom stereocenters. The Hall–Kier alpha value is -0.0400. The van der Waals surface area contributed by atoms with Crippen LogP contribution in [0, 0.1) is 17.8 Å². The zero-order chi connectivity index (χ0) is 9.14. The molecule has 0 radical (unpaired) electrons. The monoisotopic (exact) mass is 170 g/mol. The molecule has 0 bridgehead atoms. The van der Waals surface area contributed by atoms with Crippen molar-refractivity contribution in [3.8, 4) is 0 Å². The molecule has 1 aliphatic rings. The van der Waals surface area contributed by atoms with E-state index in [1.165, 1.54) is 12.8 Å².